The molecule has 0 unspecified atom stereocenters. The van der Waals surface area contributed by atoms with Crippen LogP contribution in [0.15, 0.2) is 28.7 Å². The molecule has 0 aliphatic carbocycles. The first-order valence-electron chi connectivity index (χ1n) is 4.87. The largest absolute Gasteiger partial charge is 0.481 e. The molecule has 0 radical (unpaired) electrons. The van der Waals surface area contributed by atoms with Crippen LogP contribution < -0.4 is 4.74 Å². The molecular weight excluding hydrogens is 254 g/mol. The van der Waals surface area contributed by atoms with Crippen molar-refractivity contribution in [3.05, 3.63) is 34.3 Å². The van der Waals surface area contributed by atoms with Crippen LogP contribution in [0, 0.1) is 0 Å². The van der Waals surface area contributed by atoms with Crippen LogP contribution in [0.4, 0.5) is 0 Å². The molecule has 1 aromatic heterocycles. The first-order chi connectivity index (χ1) is 7.24. The number of nitrogens with zero attached hydrogens (tertiary/aromatic N) is 1. The normalized spacial score (nSPS) is 10.6. The molecule has 0 spiro atoms. The molecular formula is C12H12BrNO. The number of fused-ring (bicyclic) bond motifs is 1. The van der Waals surface area contributed by atoms with Crippen LogP contribution in [0.1, 0.15) is 12.5 Å². The number of benzene rings is 1. The van der Waals surface area contributed by atoms with Gasteiger partial charge in [-0.1, -0.05) is 22.9 Å². The van der Waals surface area contributed by atoms with Gasteiger partial charge in [-0.05, 0) is 30.7 Å². The molecule has 0 saturated heterocycles. The monoisotopic (exact) mass is 265 g/mol. The molecule has 0 saturated carbocycles. The fraction of sp³-hybridized carbons (Fsp3) is 0.250. The number of hydrogen-bond donors (Lipinski definition) is 0. The van der Waals surface area contributed by atoms with Crippen molar-refractivity contribution in [1.82, 2.24) is 4.98 Å². The van der Waals surface area contributed by atoms with Crippen LogP contribution in [-0.2, 0) is 6.42 Å². The maximum atomic E-state index is 5.25. The molecule has 2 rings (SSSR count). The van der Waals surface area contributed by atoms with E-state index in [1.165, 1.54) is 0 Å². The Morgan fingerprint density at radius 1 is 1.33 bits per heavy atom. The van der Waals surface area contributed by atoms with E-state index in [2.05, 4.69) is 40.0 Å². The number of hydrogen-bond acceptors (Lipinski definition) is 2. The Kier molecular flexibility index (Phi) is 2.91. The summed E-state index contributed by atoms with van der Waals surface area (Å²) in [4.78, 5) is 4.46. The summed E-state index contributed by atoms with van der Waals surface area (Å²) in [6.45, 7) is 2.10. The zero-order valence-electron chi connectivity index (χ0n) is 8.75. The van der Waals surface area contributed by atoms with Crippen molar-refractivity contribution in [1.29, 1.82) is 0 Å². The number of rotatable bonds is 2. The van der Waals surface area contributed by atoms with Gasteiger partial charge in [0.15, 0.2) is 0 Å². The summed E-state index contributed by atoms with van der Waals surface area (Å²) in [6.07, 6.45) is 0.929. The number of aryl methyl sites for hydroxylation is 1. The molecule has 0 amide bonds. The molecule has 0 atom stereocenters. The summed E-state index contributed by atoms with van der Waals surface area (Å²) >= 11 is 3.46. The maximum Gasteiger partial charge on any atom is 0.216 e. The highest BCUT2D eigenvalue weighted by Gasteiger charge is 2.05. The number of pyridine rings is 1. The minimum absolute atomic E-state index is 0.729. The lowest BCUT2D eigenvalue weighted by molar-refractivity contribution is 0.395. The first kappa shape index (κ1) is 10.4. The summed E-state index contributed by atoms with van der Waals surface area (Å²) in [7, 11) is 1.66. The van der Waals surface area contributed by atoms with Gasteiger partial charge >= 0.3 is 0 Å². The third-order valence-corrected chi connectivity index (χ3v) is 2.88. The number of halogens is 1. The van der Waals surface area contributed by atoms with E-state index in [1.807, 2.05) is 12.1 Å². The fourth-order valence-corrected chi connectivity index (χ4v) is 1.98. The lowest BCUT2D eigenvalue weighted by atomic mass is 10.1. The van der Waals surface area contributed by atoms with Crippen molar-refractivity contribution in [3.8, 4) is 5.88 Å². The molecule has 1 heterocycles. The van der Waals surface area contributed by atoms with Gasteiger partial charge in [0.05, 0.1) is 12.6 Å². The SMILES string of the molecule is CCc1cc2cc(Br)ccc2nc1OC. The molecule has 1 aromatic carbocycles. The maximum absolute atomic E-state index is 5.25. The molecule has 3 heteroatoms. The molecule has 0 aliphatic heterocycles. The van der Waals surface area contributed by atoms with E-state index >= 15 is 0 Å². The second-order valence-electron chi connectivity index (χ2n) is 3.35. The molecule has 0 fully saturated rings. The Bertz CT molecular complexity index is 496. The number of methoxy groups -OCH3 is 1. The van der Waals surface area contributed by atoms with Crippen molar-refractivity contribution in [3.63, 3.8) is 0 Å². The highest BCUT2D eigenvalue weighted by atomic mass is 79.9. The van der Waals surface area contributed by atoms with E-state index in [4.69, 9.17) is 4.74 Å². The van der Waals surface area contributed by atoms with Crippen LogP contribution in [0.25, 0.3) is 10.9 Å². The van der Waals surface area contributed by atoms with E-state index in [9.17, 15) is 0 Å². The summed E-state index contributed by atoms with van der Waals surface area (Å²) < 4.78 is 6.32. The van der Waals surface area contributed by atoms with E-state index in [0.717, 1.165) is 33.2 Å². The van der Waals surface area contributed by atoms with Gasteiger partial charge in [-0.2, -0.15) is 0 Å². The fourth-order valence-electron chi connectivity index (χ4n) is 1.60. The van der Waals surface area contributed by atoms with E-state index < -0.39 is 0 Å². The van der Waals surface area contributed by atoms with Gasteiger partial charge in [0.25, 0.3) is 0 Å². The van der Waals surface area contributed by atoms with Crippen LogP contribution in [0.5, 0.6) is 5.88 Å². The summed E-state index contributed by atoms with van der Waals surface area (Å²) in [5.74, 6) is 0.729. The molecule has 78 valence electrons. The molecule has 2 nitrogen and oxygen atoms in total. The van der Waals surface area contributed by atoms with Gasteiger partial charge in [-0.15, -0.1) is 0 Å². The topological polar surface area (TPSA) is 22.1 Å². The zero-order valence-corrected chi connectivity index (χ0v) is 10.3. The van der Waals surface area contributed by atoms with Crippen molar-refractivity contribution in [2.75, 3.05) is 7.11 Å². The van der Waals surface area contributed by atoms with Crippen LogP contribution in [0.2, 0.25) is 0 Å². The standard InChI is InChI=1S/C12H12BrNO/c1-3-8-6-9-7-10(13)4-5-11(9)14-12(8)15-2/h4-7H,3H2,1-2H3. The van der Waals surface area contributed by atoms with Gasteiger partial charge in [0.2, 0.25) is 5.88 Å². The Labute approximate surface area is 97.4 Å². The second kappa shape index (κ2) is 4.19. The van der Waals surface area contributed by atoms with Crippen molar-refractivity contribution < 1.29 is 4.74 Å². The Hall–Kier alpha value is -1.09. The third kappa shape index (κ3) is 1.97. The number of ether oxygens (including phenoxy) is 1. The van der Waals surface area contributed by atoms with E-state index in [1.54, 1.807) is 7.11 Å². The van der Waals surface area contributed by atoms with E-state index in [0.29, 0.717) is 0 Å². The van der Waals surface area contributed by atoms with Crippen molar-refractivity contribution in [2.24, 2.45) is 0 Å². The summed E-state index contributed by atoms with van der Waals surface area (Å²) in [6, 6.07) is 8.18. The van der Waals surface area contributed by atoms with Crippen LogP contribution in [0.3, 0.4) is 0 Å². The lowest BCUT2D eigenvalue weighted by Gasteiger charge is -2.07. The van der Waals surface area contributed by atoms with Gasteiger partial charge in [-0.3, -0.25) is 0 Å². The Balaban J connectivity index is 2.69. The lowest BCUT2D eigenvalue weighted by Crippen LogP contribution is -1.94. The molecule has 2 aromatic rings. The minimum Gasteiger partial charge on any atom is -0.481 e. The minimum atomic E-state index is 0.729. The Morgan fingerprint density at radius 3 is 2.80 bits per heavy atom. The van der Waals surface area contributed by atoms with Crippen molar-refractivity contribution in [2.45, 2.75) is 13.3 Å². The van der Waals surface area contributed by atoms with Crippen LogP contribution >= 0.6 is 15.9 Å². The predicted molar refractivity (Wildman–Crippen MR) is 65.4 cm³/mol. The average molecular weight is 266 g/mol. The molecule has 0 N–H and O–H groups in total. The highest BCUT2D eigenvalue weighted by molar-refractivity contribution is 9.10. The highest BCUT2D eigenvalue weighted by Crippen LogP contribution is 2.24. The van der Waals surface area contributed by atoms with Crippen LogP contribution in [-0.4, -0.2) is 12.1 Å². The molecule has 0 aliphatic rings. The van der Waals surface area contributed by atoms with Gasteiger partial charge in [0.1, 0.15) is 0 Å². The van der Waals surface area contributed by atoms with Gasteiger partial charge < -0.3 is 4.74 Å². The van der Waals surface area contributed by atoms with Crippen molar-refractivity contribution >= 4 is 26.8 Å². The molecule has 15 heavy (non-hydrogen) atoms. The summed E-state index contributed by atoms with van der Waals surface area (Å²) in [5.41, 5.74) is 2.11. The average Bonchev–Trinajstić information content (AvgIpc) is 2.27. The Morgan fingerprint density at radius 2 is 2.13 bits per heavy atom. The second-order valence-corrected chi connectivity index (χ2v) is 4.26. The summed E-state index contributed by atoms with van der Waals surface area (Å²) in [5, 5.41) is 1.14. The van der Waals surface area contributed by atoms with Gasteiger partial charge in [-0.25, -0.2) is 4.98 Å². The van der Waals surface area contributed by atoms with Gasteiger partial charge in [0, 0.05) is 15.4 Å². The molecule has 0 bridgehead atoms. The number of aromatic nitrogens is 1. The smallest absolute Gasteiger partial charge is 0.216 e. The zero-order chi connectivity index (χ0) is 10.8. The quantitative estimate of drug-likeness (QED) is 0.829. The van der Waals surface area contributed by atoms with E-state index in [-0.39, 0.29) is 0 Å². The predicted octanol–water partition coefficient (Wildman–Crippen LogP) is 3.57. The third-order valence-electron chi connectivity index (χ3n) is 2.39. The first-order valence-corrected chi connectivity index (χ1v) is 5.67.